The molecule has 5 heteroatoms. The minimum Gasteiger partial charge on any atom is -0.491 e. The molecular formula is C12H18N2O3. The predicted octanol–water partition coefficient (Wildman–Crippen LogP) is 1.59. The molecule has 5 nitrogen and oxygen atoms in total. The summed E-state index contributed by atoms with van der Waals surface area (Å²) in [7, 11) is 0. The number of aliphatic hydroxyl groups is 1. The molecule has 0 aliphatic rings. The molecule has 0 saturated heterocycles. The Balaban J connectivity index is 2.47. The first-order chi connectivity index (χ1) is 8.11. The summed E-state index contributed by atoms with van der Waals surface area (Å²) in [5.41, 5.74) is 0.677. The van der Waals surface area contributed by atoms with Crippen molar-refractivity contribution in [1.82, 2.24) is 5.32 Å². The molecule has 2 amide bonds. The van der Waals surface area contributed by atoms with E-state index >= 15 is 0 Å². The molecule has 0 aliphatic heterocycles. The van der Waals surface area contributed by atoms with Crippen LogP contribution in [0.15, 0.2) is 24.3 Å². The van der Waals surface area contributed by atoms with Crippen molar-refractivity contribution in [3.05, 3.63) is 24.3 Å². The van der Waals surface area contributed by atoms with Gasteiger partial charge in [-0.1, -0.05) is 0 Å². The molecule has 94 valence electrons. The van der Waals surface area contributed by atoms with E-state index in [-0.39, 0.29) is 25.3 Å². The Labute approximate surface area is 101 Å². The molecule has 0 radical (unpaired) electrons. The quantitative estimate of drug-likeness (QED) is 0.729. The molecule has 0 fully saturated rings. The summed E-state index contributed by atoms with van der Waals surface area (Å²) in [5.74, 6) is 0.765. The van der Waals surface area contributed by atoms with Crippen molar-refractivity contribution >= 4 is 11.7 Å². The third kappa shape index (κ3) is 5.21. The van der Waals surface area contributed by atoms with E-state index in [0.29, 0.717) is 5.69 Å². The number of hydrogen-bond donors (Lipinski definition) is 3. The van der Waals surface area contributed by atoms with E-state index in [1.54, 1.807) is 24.3 Å². The predicted molar refractivity (Wildman–Crippen MR) is 66.3 cm³/mol. The number of anilines is 1. The van der Waals surface area contributed by atoms with Gasteiger partial charge in [0.05, 0.1) is 12.7 Å². The SMILES string of the molecule is CC(C)Oc1ccc(NC(=O)NCCO)cc1. The fraction of sp³-hybridized carbons (Fsp3) is 0.417. The molecule has 0 unspecified atom stereocenters. The van der Waals surface area contributed by atoms with Crippen LogP contribution in [0, 0.1) is 0 Å². The molecule has 1 aromatic carbocycles. The Hall–Kier alpha value is -1.75. The van der Waals surface area contributed by atoms with Gasteiger partial charge in [-0.05, 0) is 38.1 Å². The normalized spacial score (nSPS) is 10.1. The fourth-order valence-electron chi connectivity index (χ4n) is 1.23. The average molecular weight is 238 g/mol. The molecule has 3 N–H and O–H groups in total. The third-order valence-corrected chi connectivity index (χ3v) is 1.88. The van der Waals surface area contributed by atoms with Gasteiger partial charge in [0.2, 0.25) is 0 Å². The van der Waals surface area contributed by atoms with Gasteiger partial charge < -0.3 is 20.5 Å². The van der Waals surface area contributed by atoms with Crippen LogP contribution >= 0.6 is 0 Å². The van der Waals surface area contributed by atoms with Crippen LogP contribution in [0.2, 0.25) is 0 Å². The van der Waals surface area contributed by atoms with Crippen LogP contribution in [0.5, 0.6) is 5.75 Å². The number of carbonyl (C=O) groups is 1. The maximum Gasteiger partial charge on any atom is 0.319 e. The molecule has 1 rings (SSSR count). The number of nitrogens with one attached hydrogen (secondary N) is 2. The molecule has 0 spiro atoms. The van der Waals surface area contributed by atoms with Crippen LogP contribution in [0.1, 0.15) is 13.8 Å². The van der Waals surface area contributed by atoms with Crippen molar-refractivity contribution in [2.75, 3.05) is 18.5 Å². The van der Waals surface area contributed by atoms with Crippen molar-refractivity contribution in [2.45, 2.75) is 20.0 Å². The number of benzene rings is 1. The van der Waals surface area contributed by atoms with Crippen molar-refractivity contribution in [2.24, 2.45) is 0 Å². The zero-order valence-electron chi connectivity index (χ0n) is 10.1. The summed E-state index contributed by atoms with van der Waals surface area (Å²) in [6.45, 7) is 4.07. The van der Waals surface area contributed by atoms with Gasteiger partial charge in [-0.25, -0.2) is 4.79 Å². The van der Waals surface area contributed by atoms with Gasteiger partial charge in [0, 0.05) is 12.2 Å². The van der Waals surface area contributed by atoms with E-state index in [1.807, 2.05) is 13.8 Å². The molecule has 0 bridgehead atoms. The van der Waals surface area contributed by atoms with E-state index in [1.165, 1.54) is 0 Å². The summed E-state index contributed by atoms with van der Waals surface area (Å²) in [5, 5.41) is 13.7. The number of hydrogen-bond acceptors (Lipinski definition) is 3. The molecule has 0 aromatic heterocycles. The van der Waals surface area contributed by atoms with Crippen LogP contribution in [0.3, 0.4) is 0 Å². The molecule has 0 atom stereocenters. The van der Waals surface area contributed by atoms with Gasteiger partial charge in [0.15, 0.2) is 0 Å². The summed E-state index contributed by atoms with van der Waals surface area (Å²) >= 11 is 0. The Morgan fingerprint density at radius 1 is 1.35 bits per heavy atom. The molecule has 0 aliphatic carbocycles. The Morgan fingerprint density at radius 3 is 2.53 bits per heavy atom. The van der Waals surface area contributed by atoms with E-state index in [9.17, 15) is 4.79 Å². The van der Waals surface area contributed by atoms with Gasteiger partial charge in [0.25, 0.3) is 0 Å². The highest BCUT2D eigenvalue weighted by Crippen LogP contribution is 2.16. The zero-order valence-corrected chi connectivity index (χ0v) is 10.1. The monoisotopic (exact) mass is 238 g/mol. The van der Waals surface area contributed by atoms with Crippen molar-refractivity contribution in [1.29, 1.82) is 0 Å². The highest BCUT2D eigenvalue weighted by atomic mass is 16.5. The molecule has 0 saturated carbocycles. The van der Waals surface area contributed by atoms with Crippen molar-refractivity contribution in [3.63, 3.8) is 0 Å². The lowest BCUT2D eigenvalue weighted by Crippen LogP contribution is -2.30. The van der Waals surface area contributed by atoms with Crippen molar-refractivity contribution in [3.8, 4) is 5.75 Å². The second kappa shape index (κ2) is 6.75. The molecule has 17 heavy (non-hydrogen) atoms. The van der Waals surface area contributed by atoms with E-state index in [0.717, 1.165) is 5.75 Å². The van der Waals surface area contributed by atoms with E-state index in [4.69, 9.17) is 9.84 Å². The van der Waals surface area contributed by atoms with Gasteiger partial charge >= 0.3 is 6.03 Å². The fourth-order valence-corrected chi connectivity index (χ4v) is 1.23. The first-order valence-corrected chi connectivity index (χ1v) is 5.54. The summed E-state index contributed by atoms with van der Waals surface area (Å²) in [4.78, 5) is 11.3. The van der Waals surface area contributed by atoms with Crippen molar-refractivity contribution < 1.29 is 14.6 Å². The molecule has 1 aromatic rings. The first-order valence-electron chi connectivity index (χ1n) is 5.54. The smallest absolute Gasteiger partial charge is 0.319 e. The van der Waals surface area contributed by atoms with Crippen LogP contribution in [0.4, 0.5) is 10.5 Å². The Morgan fingerprint density at radius 2 is 2.00 bits per heavy atom. The molecule has 0 heterocycles. The van der Waals surface area contributed by atoms with E-state index < -0.39 is 0 Å². The lowest BCUT2D eigenvalue weighted by molar-refractivity contribution is 0.242. The third-order valence-electron chi connectivity index (χ3n) is 1.88. The highest BCUT2D eigenvalue weighted by Gasteiger charge is 2.01. The number of aliphatic hydroxyl groups excluding tert-OH is 1. The minimum atomic E-state index is -0.337. The summed E-state index contributed by atoms with van der Waals surface area (Å²) < 4.78 is 5.48. The maximum atomic E-state index is 11.3. The topological polar surface area (TPSA) is 70.6 Å². The Kier molecular flexibility index (Phi) is 5.29. The second-order valence-corrected chi connectivity index (χ2v) is 3.80. The maximum absolute atomic E-state index is 11.3. The number of rotatable bonds is 5. The summed E-state index contributed by atoms with van der Waals surface area (Å²) in [6.07, 6.45) is 0.127. The molecular weight excluding hydrogens is 220 g/mol. The standard InChI is InChI=1S/C12H18N2O3/c1-9(2)17-11-5-3-10(4-6-11)14-12(16)13-7-8-15/h3-6,9,15H,7-8H2,1-2H3,(H2,13,14,16). The number of urea groups is 1. The van der Waals surface area contributed by atoms with Gasteiger partial charge in [-0.2, -0.15) is 0 Å². The Bertz CT molecular complexity index is 349. The first kappa shape index (κ1) is 13.3. The minimum absolute atomic E-state index is 0.0748. The number of carbonyl (C=O) groups excluding carboxylic acids is 1. The largest absolute Gasteiger partial charge is 0.491 e. The number of ether oxygens (including phenoxy) is 1. The van der Waals surface area contributed by atoms with Gasteiger partial charge in [0.1, 0.15) is 5.75 Å². The van der Waals surface area contributed by atoms with Crippen LogP contribution in [0.25, 0.3) is 0 Å². The van der Waals surface area contributed by atoms with Crippen LogP contribution in [-0.2, 0) is 0 Å². The van der Waals surface area contributed by atoms with Crippen LogP contribution < -0.4 is 15.4 Å². The zero-order chi connectivity index (χ0) is 12.7. The lowest BCUT2D eigenvalue weighted by atomic mass is 10.3. The highest BCUT2D eigenvalue weighted by molar-refractivity contribution is 5.89. The average Bonchev–Trinajstić information content (AvgIpc) is 2.28. The number of amides is 2. The second-order valence-electron chi connectivity index (χ2n) is 3.80. The van der Waals surface area contributed by atoms with Gasteiger partial charge in [-0.15, -0.1) is 0 Å². The van der Waals surface area contributed by atoms with Gasteiger partial charge in [-0.3, -0.25) is 0 Å². The van der Waals surface area contributed by atoms with E-state index in [2.05, 4.69) is 10.6 Å². The summed E-state index contributed by atoms with van der Waals surface area (Å²) in [6, 6.07) is 6.77. The van der Waals surface area contributed by atoms with Crippen LogP contribution in [-0.4, -0.2) is 30.4 Å². The lowest BCUT2D eigenvalue weighted by Gasteiger charge is -2.10.